The molecular weight excluding hydrogens is 330 g/mol. The highest BCUT2D eigenvalue weighted by Crippen LogP contribution is 2.32. The van der Waals surface area contributed by atoms with Crippen LogP contribution in [-0.2, 0) is 5.41 Å². The van der Waals surface area contributed by atoms with E-state index in [0.717, 1.165) is 19.4 Å². The van der Waals surface area contributed by atoms with Gasteiger partial charge in [0.25, 0.3) is 11.6 Å². The molecule has 1 aliphatic heterocycles. The molecule has 2 rings (SSSR count). The molecule has 0 saturated carbocycles. The monoisotopic (exact) mass is 355 g/mol. The van der Waals surface area contributed by atoms with E-state index >= 15 is 0 Å². The number of hydrogen-bond acceptors (Lipinski definition) is 4. The van der Waals surface area contributed by atoms with Gasteiger partial charge in [-0.05, 0) is 31.4 Å². The number of nitro groups is 1. The van der Waals surface area contributed by atoms with Crippen molar-refractivity contribution in [1.82, 2.24) is 10.2 Å². The van der Waals surface area contributed by atoms with Crippen molar-refractivity contribution in [1.29, 1.82) is 0 Å². The van der Waals surface area contributed by atoms with E-state index in [1.807, 2.05) is 32.7 Å². The molecule has 6 nitrogen and oxygen atoms in total. The Hall–Kier alpha value is -1.66. The average molecular weight is 356 g/mol. The number of halogens is 1. The van der Waals surface area contributed by atoms with Gasteiger partial charge in [0, 0.05) is 36.3 Å². The molecule has 134 valence electrons. The molecule has 1 aliphatic rings. The summed E-state index contributed by atoms with van der Waals surface area (Å²) < 4.78 is 0. The van der Waals surface area contributed by atoms with Gasteiger partial charge >= 0.3 is 0 Å². The first kappa shape index (κ1) is 20.4. The molecule has 1 unspecified atom stereocenters. The van der Waals surface area contributed by atoms with Gasteiger partial charge in [-0.1, -0.05) is 26.8 Å². The quantitative estimate of drug-likeness (QED) is 0.665. The Morgan fingerprint density at radius 1 is 1.42 bits per heavy atom. The van der Waals surface area contributed by atoms with Gasteiger partial charge in [0.2, 0.25) is 0 Å². The summed E-state index contributed by atoms with van der Waals surface area (Å²) >= 11 is 0. The maximum atomic E-state index is 12.7. The summed E-state index contributed by atoms with van der Waals surface area (Å²) in [5.41, 5.74) is 0.722. The minimum Gasteiger partial charge on any atom is -0.334 e. The normalized spacial score (nSPS) is 17.5. The molecule has 24 heavy (non-hydrogen) atoms. The first-order valence-corrected chi connectivity index (χ1v) is 8.00. The van der Waals surface area contributed by atoms with Crippen molar-refractivity contribution in [2.75, 3.05) is 20.1 Å². The van der Waals surface area contributed by atoms with Crippen LogP contribution in [0, 0.1) is 10.1 Å². The number of carbonyl (C=O) groups is 1. The van der Waals surface area contributed by atoms with Crippen LogP contribution < -0.4 is 5.32 Å². The first-order chi connectivity index (χ1) is 10.8. The fourth-order valence-electron chi connectivity index (χ4n) is 3.17. The van der Waals surface area contributed by atoms with Crippen LogP contribution in [0.5, 0.6) is 0 Å². The van der Waals surface area contributed by atoms with E-state index in [1.165, 1.54) is 6.07 Å². The molecule has 1 saturated heterocycles. The Labute approximate surface area is 149 Å². The summed E-state index contributed by atoms with van der Waals surface area (Å²) in [6, 6.07) is 5.02. The number of likely N-dealkylation sites (N-methyl/N-ethyl adjacent to an activating group) is 1. The summed E-state index contributed by atoms with van der Waals surface area (Å²) in [6.07, 6.45) is 1.94. The highest BCUT2D eigenvalue weighted by Gasteiger charge is 2.31. The lowest BCUT2D eigenvalue weighted by Gasteiger charge is -2.25. The van der Waals surface area contributed by atoms with Gasteiger partial charge in [-0.25, -0.2) is 0 Å². The molecule has 1 heterocycles. The summed E-state index contributed by atoms with van der Waals surface area (Å²) in [7, 11) is 1.87. The second kappa shape index (κ2) is 7.94. The van der Waals surface area contributed by atoms with Crippen LogP contribution in [0.2, 0.25) is 0 Å². The maximum absolute atomic E-state index is 12.7. The van der Waals surface area contributed by atoms with Crippen molar-refractivity contribution in [2.45, 2.75) is 45.1 Å². The van der Waals surface area contributed by atoms with Crippen LogP contribution in [0.3, 0.4) is 0 Å². The summed E-state index contributed by atoms with van der Waals surface area (Å²) in [4.78, 5) is 25.6. The summed E-state index contributed by atoms with van der Waals surface area (Å²) in [6.45, 7) is 7.24. The number of nitrogens with one attached hydrogen (secondary N) is 1. The molecule has 1 aromatic carbocycles. The van der Waals surface area contributed by atoms with E-state index in [9.17, 15) is 14.9 Å². The zero-order valence-corrected chi connectivity index (χ0v) is 15.5. The zero-order valence-electron chi connectivity index (χ0n) is 14.7. The van der Waals surface area contributed by atoms with Crippen molar-refractivity contribution < 1.29 is 9.72 Å². The van der Waals surface area contributed by atoms with E-state index in [0.29, 0.717) is 17.7 Å². The molecular formula is C17H26ClN3O3. The van der Waals surface area contributed by atoms with E-state index in [1.54, 1.807) is 12.1 Å². The molecule has 0 radical (unpaired) electrons. The number of nitrogens with zero attached hydrogens (tertiary/aromatic N) is 2. The Bertz CT molecular complexity index is 614. The molecule has 0 aromatic heterocycles. The molecule has 1 aromatic rings. The summed E-state index contributed by atoms with van der Waals surface area (Å²) in [5.74, 6) is -0.119. The molecule has 7 heteroatoms. The maximum Gasteiger partial charge on any atom is 0.273 e. The lowest BCUT2D eigenvalue weighted by Crippen LogP contribution is -2.40. The Morgan fingerprint density at radius 3 is 2.62 bits per heavy atom. The largest absolute Gasteiger partial charge is 0.334 e. The predicted octanol–water partition coefficient (Wildman–Crippen LogP) is 3.14. The highest BCUT2D eigenvalue weighted by atomic mass is 35.5. The van der Waals surface area contributed by atoms with Gasteiger partial charge in [0.1, 0.15) is 0 Å². The van der Waals surface area contributed by atoms with Crippen molar-refractivity contribution in [2.24, 2.45) is 0 Å². The van der Waals surface area contributed by atoms with Crippen molar-refractivity contribution in [3.63, 3.8) is 0 Å². The summed E-state index contributed by atoms with van der Waals surface area (Å²) in [5, 5.41) is 14.5. The van der Waals surface area contributed by atoms with Crippen LogP contribution >= 0.6 is 12.4 Å². The van der Waals surface area contributed by atoms with Gasteiger partial charge in [0.15, 0.2) is 0 Å². The second-order valence-electron chi connectivity index (χ2n) is 7.09. The average Bonchev–Trinajstić information content (AvgIpc) is 2.93. The molecule has 1 fully saturated rings. The fraction of sp³-hybridized carbons (Fsp3) is 0.588. The highest BCUT2D eigenvalue weighted by molar-refractivity contribution is 5.95. The van der Waals surface area contributed by atoms with E-state index in [4.69, 9.17) is 0 Å². The van der Waals surface area contributed by atoms with Crippen LogP contribution in [0.1, 0.15) is 49.5 Å². The van der Waals surface area contributed by atoms with E-state index < -0.39 is 4.92 Å². The van der Waals surface area contributed by atoms with E-state index in [2.05, 4.69) is 5.32 Å². The fourth-order valence-corrected chi connectivity index (χ4v) is 3.17. The Kier molecular flexibility index (Phi) is 6.75. The van der Waals surface area contributed by atoms with Crippen LogP contribution in [0.25, 0.3) is 0 Å². The first-order valence-electron chi connectivity index (χ1n) is 8.00. The SMILES string of the molecule is CNCC1CCCN1C(=O)c1ccc(C(C)(C)C)c([N+](=O)[O-])c1.Cl. The molecule has 0 bridgehead atoms. The lowest BCUT2D eigenvalue weighted by atomic mass is 9.85. The van der Waals surface area contributed by atoms with Crippen LogP contribution in [0.15, 0.2) is 18.2 Å². The van der Waals surface area contributed by atoms with Gasteiger partial charge in [-0.2, -0.15) is 0 Å². The standard InChI is InChI=1S/C17H25N3O3.ClH/c1-17(2,3)14-8-7-12(10-15(14)20(22)23)16(21)19-9-5-6-13(19)11-18-4;/h7-8,10,13,18H,5-6,9,11H2,1-4H3;1H. The molecule has 1 N–H and O–H groups in total. The zero-order chi connectivity index (χ0) is 17.2. The number of carbonyl (C=O) groups excluding carboxylic acids is 1. The van der Waals surface area contributed by atoms with Crippen molar-refractivity contribution >= 4 is 24.0 Å². The third-order valence-electron chi connectivity index (χ3n) is 4.33. The van der Waals surface area contributed by atoms with Crippen LogP contribution in [0.4, 0.5) is 5.69 Å². The molecule has 1 amide bonds. The smallest absolute Gasteiger partial charge is 0.273 e. The third-order valence-corrected chi connectivity index (χ3v) is 4.33. The third kappa shape index (κ3) is 4.24. The number of rotatable bonds is 4. The molecule has 0 spiro atoms. The Morgan fingerprint density at radius 2 is 2.08 bits per heavy atom. The van der Waals surface area contributed by atoms with Gasteiger partial charge in [-0.3, -0.25) is 14.9 Å². The van der Waals surface area contributed by atoms with Gasteiger partial charge in [0.05, 0.1) is 4.92 Å². The van der Waals surface area contributed by atoms with E-state index in [-0.39, 0.29) is 35.5 Å². The predicted molar refractivity (Wildman–Crippen MR) is 97.0 cm³/mol. The van der Waals surface area contributed by atoms with Crippen LogP contribution in [-0.4, -0.2) is 41.9 Å². The van der Waals surface area contributed by atoms with Gasteiger partial charge < -0.3 is 10.2 Å². The number of nitro benzene ring substituents is 1. The minimum absolute atomic E-state index is 0. The second-order valence-corrected chi connectivity index (χ2v) is 7.09. The number of benzene rings is 1. The Balaban J connectivity index is 0.00000288. The topological polar surface area (TPSA) is 75.5 Å². The number of likely N-dealkylation sites (tertiary alicyclic amines) is 1. The number of hydrogen-bond donors (Lipinski definition) is 1. The number of amides is 1. The van der Waals surface area contributed by atoms with Gasteiger partial charge in [-0.15, -0.1) is 12.4 Å². The van der Waals surface area contributed by atoms with Crippen molar-refractivity contribution in [3.8, 4) is 0 Å². The molecule has 1 atom stereocenters. The van der Waals surface area contributed by atoms with Crippen molar-refractivity contribution in [3.05, 3.63) is 39.4 Å². The molecule has 0 aliphatic carbocycles. The lowest BCUT2D eigenvalue weighted by molar-refractivity contribution is -0.386. The minimum atomic E-state index is -0.396.